The predicted molar refractivity (Wildman–Crippen MR) is 148 cm³/mol. The summed E-state index contributed by atoms with van der Waals surface area (Å²) in [4.78, 5) is 0. The zero-order valence-corrected chi connectivity index (χ0v) is 21.8. The molecular weight excluding hydrogens is 533 g/mol. The molecule has 0 bridgehead atoms. The molecular formula is C30H22Cl2F2O2S. The second-order valence-corrected chi connectivity index (χ2v) is 11.4. The Balaban J connectivity index is 1.81. The van der Waals surface area contributed by atoms with Gasteiger partial charge in [-0.15, -0.1) is 0 Å². The highest BCUT2D eigenvalue weighted by molar-refractivity contribution is 7.92. The Bertz CT molecular complexity index is 1390. The Morgan fingerprint density at radius 3 is 1.19 bits per heavy atom. The Hall–Kier alpha value is -3.25. The van der Waals surface area contributed by atoms with E-state index < -0.39 is 32.0 Å². The Labute approximate surface area is 225 Å². The first-order valence-electron chi connectivity index (χ1n) is 11.3. The van der Waals surface area contributed by atoms with Crippen LogP contribution in [0.4, 0.5) is 8.78 Å². The summed E-state index contributed by atoms with van der Waals surface area (Å²) in [7, 11) is -4.02. The molecule has 188 valence electrons. The maximum atomic E-state index is 14.2. The van der Waals surface area contributed by atoms with Gasteiger partial charge in [-0.25, -0.2) is 17.2 Å². The van der Waals surface area contributed by atoms with Crippen molar-refractivity contribution in [2.45, 2.75) is 10.5 Å². The lowest BCUT2D eigenvalue weighted by atomic mass is 10.1. The summed E-state index contributed by atoms with van der Waals surface area (Å²) < 4.78 is 55.8. The highest BCUT2D eigenvalue weighted by Gasteiger charge is 2.33. The minimum Gasteiger partial charge on any atom is -0.227 e. The van der Waals surface area contributed by atoms with Gasteiger partial charge >= 0.3 is 0 Å². The predicted octanol–water partition coefficient (Wildman–Crippen LogP) is 8.90. The first-order valence-corrected chi connectivity index (χ1v) is 13.7. The van der Waals surface area contributed by atoms with Crippen LogP contribution in [0.1, 0.15) is 32.8 Å². The van der Waals surface area contributed by atoms with E-state index in [0.29, 0.717) is 21.2 Å². The molecule has 2 unspecified atom stereocenters. The van der Waals surface area contributed by atoms with E-state index in [1.807, 2.05) is 0 Å². The van der Waals surface area contributed by atoms with Gasteiger partial charge in [0.25, 0.3) is 0 Å². The van der Waals surface area contributed by atoms with Gasteiger partial charge in [0, 0.05) is 10.0 Å². The molecule has 0 saturated heterocycles. The van der Waals surface area contributed by atoms with Crippen molar-refractivity contribution in [3.63, 3.8) is 0 Å². The molecule has 0 heterocycles. The van der Waals surface area contributed by atoms with E-state index in [0.717, 1.165) is 11.1 Å². The molecule has 0 aliphatic heterocycles. The van der Waals surface area contributed by atoms with Crippen molar-refractivity contribution < 1.29 is 17.2 Å². The Morgan fingerprint density at radius 2 is 0.865 bits per heavy atom. The number of hydrogen-bond donors (Lipinski definition) is 0. The third-order valence-corrected chi connectivity index (χ3v) is 8.55. The molecule has 0 aliphatic carbocycles. The molecule has 0 radical (unpaired) electrons. The number of sulfone groups is 1. The molecule has 37 heavy (non-hydrogen) atoms. The number of rotatable bonds is 8. The summed E-state index contributed by atoms with van der Waals surface area (Å²) in [5, 5.41) is -1.12. The Kier molecular flexibility index (Phi) is 8.59. The summed E-state index contributed by atoms with van der Waals surface area (Å²) in [6, 6.07) is 24.6. The van der Waals surface area contributed by atoms with Crippen LogP contribution in [-0.4, -0.2) is 8.42 Å². The fourth-order valence-corrected chi connectivity index (χ4v) is 6.06. The second kappa shape index (κ2) is 11.9. The van der Waals surface area contributed by atoms with Crippen molar-refractivity contribution >= 4 is 45.2 Å². The average molecular weight is 555 g/mol. The number of hydrogen-bond acceptors (Lipinski definition) is 2. The van der Waals surface area contributed by atoms with Crippen LogP contribution in [0.25, 0.3) is 12.2 Å². The maximum Gasteiger partial charge on any atom is 0.171 e. The van der Waals surface area contributed by atoms with Gasteiger partial charge in [0.1, 0.15) is 22.1 Å². The van der Waals surface area contributed by atoms with Gasteiger partial charge in [-0.3, -0.25) is 0 Å². The van der Waals surface area contributed by atoms with E-state index in [4.69, 9.17) is 23.2 Å². The molecule has 4 aromatic rings. The molecule has 0 N–H and O–H groups in total. The summed E-state index contributed by atoms with van der Waals surface area (Å²) in [6.07, 6.45) is 6.51. The van der Waals surface area contributed by atoms with Crippen molar-refractivity contribution in [1.82, 2.24) is 0 Å². The third kappa shape index (κ3) is 6.95. The van der Waals surface area contributed by atoms with Crippen LogP contribution >= 0.6 is 23.2 Å². The normalized spacial score (nSPS) is 13.7. The lowest BCUT2D eigenvalue weighted by molar-refractivity contribution is 0.583. The van der Waals surface area contributed by atoms with Gasteiger partial charge < -0.3 is 0 Å². The highest BCUT2D eigenvalue weighted by atomic mass is 35.5. The van der Waals surface area contributed by atoms with Crippen LogP contribution in [-0.2, 0) is 9.84 Å². The average Bonchev–Trinajstić information content (AvgIpc) is 2.88. The van der Waals surface area contributed by atoms with E-state index >= 15 is 0 Å². The summed E-state index contributed by atoms with van der Waals surface area (Å²) in [5.74, 6) is -0.946. The van der Waals surface area contributed by atoms with Crippen molar-refractivity contribution in [3.8, 4) is 0 Å². The molecule has 2 nitrogen and oxygen atoms in total. The topological polar surface area (TPSA) is 34.1 Å². The van der Waals surface area contributed by atoms with E-state index in [1.165, 1.54) is 48.5 Å². The monoisotopic (exact) mass is 554 g/mol. The first-order chi connectivity index (χ1) is 17.7. The quantitative estimate of drug-likeness (QED) is 0.218. The Morgan fingerprint density at radius 1 is 0.541 bits per heavy atom. The van der Waals surface area contributed by atoms with Gasteiger partial charge in [0.2, 0.25) is 0 Å². The lowest BCUT2D eigenvalue weighted by Crippen LogP contribution is -2.19. The smallest absolute Gasteiger partial charge is 0.171 e. The molecule has 0 aliphatic rings. The minimum absolute atomic E-state index is 0.401. The number of benzene rings is 4. The van der Waals surface area contributed by atoms with E-state index in [2.05, 4.69) is 0 Å². The summed E-state index contributed by atoms with van der Waals surface area (Å²) in [6.45, 7) is 0. The van der Waals surface area contributed by atoms with Crippen LogP contribution in [0.3, 0.4) is 0 Å². The maximum absolute atomic E-state index is 14.2. The van der Waals surface area contributed by atoms with Crippen molar-refractivity contribution in [2.24, 2.45) is 0 Å². The standard InChI is InChI=1S/C30H22Cl2F2O2S/c31-25-11-1-21(2-12-25)5-19-29(23-7-15-27(33)16-8-23)37(35,36)30(24-9-17-28(34)18-10-24)20-6-22-3-13-26(32)14-4-22/h1-20,29-30H/b19-5-,20-6-. The summed E-state index contributed by atoms with van der Waals surface area (Å²) in [5.41, 5.74) is 2.31. The largest absolute Gasteiger partial charge is 0.227 e. The van der Waals surface area contributed by atoms with Gasteiger partial charge in [0.15, 0.2) is 9.84 Å². The minimum atomic E-state index is -4.02. The zero-order valence-electron chi connectivity index (χ0n) is 19.4. The molecule has 4 rings (SSSR count). The molecule has 4 aromatic carbocycles. The van der Waals surface area contributed by atoms with Crippen molar-refractivity contribution in [2.75, 3.05) is 0 Å². The molecule has 2 atom stereocenters. The molecule has 7 heteroatoms. The van der Waals surface area contributed by atoms with E-state index in [1.54, 1.807) is 72.8 Å². The van der Waals surface area contributed by atoms with Gasteiger partial charge in [0.05, 0.1) is 0 Å². The van der Waals surface area contributed by atoms with E-state index in [9.17, 15) is 17.2 Å². The van der Waals surface area contributed by atoms with Crippen LogP contribution in [0, 0.1) is 11.6 Å². The zero-order chi connectivity index (χ0) is 26.4. The molecule has 0 amide bonds. The van der Waals surface area contributed by atoms with Gasteiger partial charge in [-0.1, -0.05) is 96.0 Å². The van der Waals surface area contributed by atoms with E-state index in [-0.39, 0.29) is 0 Å². The molecule has 0 aromatic heterocycles. The van der Waals surface area contributed by atoms with Crippen molar-refractivity contribution in [3.05, 3.63) is 153 Å². The fourth-order valence-electron chi connectivity index (χ4n) is 3.83. The molecule has 0 fully saturated rings. The second-order valence-electron chi connectivity index (χ2n) is 8.35. The van der Waals surface area contributed by atoms with Crippen LogP contribution in [0.2, 0.25) is 10.0 Å². The first kappa shape index (κ1) is 26.8. The SMILES string of the molecule is O=S(=O)(C(/C=C\c1ccc(Cl)cc1)c1ccc(F)cc1)C(/C=C\c1ccc(Cl)cc1)c1ccc(F)cc1. The lowest BCUT2D eigenvalue weighted by Gasteiger charge is -2.22. The van der Waals surface area contributed by atoms with Crippen molar-refractivity contribution in [1.29, 1.82) is 0 Å². The molecule has 0 spiro atoms. The molecule has 0 saturated carbocycles. The third-order valence-electron chi connectivity index (χ3n) is 5.77. The van der Waals surface area contributed by atoms with Gasteiger partial charge in [-0.2, -0.15) is 0 Å². The fraction of sp³-hybridized carbons (Fsp3) is 0.0667. The van der Waals surface area contributed by atoms with Crippen LogP contribution < -0.4 is 0 Å². The number of halogens is 4. The van der Waals surface area contributed by atoms with Crippen LogP contribution in [0.5, 0.6) is 0 Å². The van der Waals surface area contributed by atoms with Gasteiger partial charge in [-0.05, 0) is 70.8 Å². The van der Waals surface area contributed by atoms with Crippen LogP contribution in [0.15, 0.2) is 109 Å². The highest BCUT2D eigenvalue weighted by Crippen LogP contribution is 2.37. The summed E-state index contributed by atoms with van der Waals surface area (Å²) >= 11 is 11.9.